The van der Waals surface area contributed by atoms with Gasteiger partial charge in [0.15, 0.2) is 11.6 Å². The third kappa shape index (κ3) is 2.92. The molecule has 0 saturated carbocycles. The van der Waals surface area contributed by atoms with Gasteiger partial charge in [0.1, 0.15) is 6.61 Å². The molecule has 0 bridgehead atoms. The highest BCUT2D eigenvalue weighted by Gasteiger charge is 2.13. The molecule has 0 saturated heterocycles. The maximum Gasteiger partial charge on any atom is 0.695 e. The molecule has 1 atom stereocenters. The first-order chi connectivity index (χ1) is 6.63. The van der Waals surface area contributed by atoms with E-state index in [9.17, 15) is 4.57 Å². The molecule has 0 aliphatic heterocycles. The highest BCUT2D eigenvalue weighted by atomic mass is 31.1. The predicted octanol–water partition coefficient (Wildman–Crippen LogP) is 0.839. The van der Waals surface area contributed by atoms with Gasteiger partial charge in [-0.05, 0) is 6.07 Å². The summed E-state index contributed by atoms with van der Waals surface area (Å²) in [5.74, 6) is 0.684. The molecule has 7 heteroatoms. The molecule has 1 heterocycles. The van der Waals surface area contributed by atoms with Crippen molar-refractivity contribution in [3.8, 4) is 5.75 Å². The van der Waals surface area contributed by atoms with Crippen molar-refractivity contribution >= 4 is 14.1 Å². The smallest absolute Gasteiger partial charge is 0.493 e. The molecular weight excluding hydrogens is 207 g/mol. The number of nitrogens with zero attached hydrogens (tertiary/aromatic N) is 1. The highest BCUT2D eigenvalue weighted by molar-refractivity contribution is 7.32. The second kappa shape index (κ2) is 4.85. The van der Waals surface area contributed by atoms with Crippen molar-refractivity contribution in [2.75, 3.05) is 12.8 Å². The summed E-state index contributed by atoms with van der Waals surface area (Å²) in [4.78, 5) is 12.2. The number of nitrogen functional groups attached to an aromatic ring is 1. The van der Waals surface area contributed by atoms with Crippen LogP contribution < -0.4 is 10.5 Å². The lowest BCUT2D eigenvalue weighted by atomic mass is 10.3. The van der Waals surface area contributed by atoms with E-state index in [1.54, 1.807) is 6.07 Å². The summed E-state index contributed by atoms with van der Waals surface area (Å²) in [6.07, 6.45) is 1.46. The number of aromatic nitrogens is 1. The van der Waals surface area contributed by atoms with Crippen LogP contribution in [0.25, 0.3) is 0 Å². The van der Waals surface area contributed by atoms with Crippen molar-refractivity contribution in [1.82, 2.24) is 4.98 Å². The number of anilines is 1. The molecule has 0 spiro atoms. The molecule has 1 aromatic rings. The normalized spacial score (nSPS) is 11.1. The van der Waals surface area contributed by atoms with Crippen LogP contribution in [0.15, 0.2) is 12.3 Å². The zero-order chi connectivity index (χ0) is 10.6. The summed E-state index contributed by atoms with van der Waals surface area (Å²) < 4.78 is 19.7. The second-order valence-electron chi connectivity index (χ2n) is 2.44. The molecule has 76 valence electrons. The SMILES string of the molecule is COc1cc(CO[P+](=O)O)cnc1N. The van der Waals surface area contributed by atoms with Gasteiger partial charge in [-0.2, -0.15) is 0 Å². The molecule has 0 aliphatic rings. The first kappa shape index (κ1) is 10.8. The van der Waals surface area contributed by atoms with E-state index >= 15 is 0 Å². The predicted molar refractivity (Wildman–Crippen MR) is 49.8 cm³/mol. The molecule has 1 unspecified atom stereocenters. The van der Waals surface area contributed by atoms with Crippen LogP contribution in [0.1, 0.15) is 5.56 Å². The third-order valence-corrected chi connectivity index (χ3v) is 1.85. The average Bonchev–Trinajstić information content (AvgIpc) is 2.16. The van der Waals surface area contributed by atoms with E-state index in [4.69, 9.17) is 15.4 Å². The number of hydrogen-bond donors (Lipinski definition) is 2. The Hall–Kier alpha value is -1.23. The van der Waals surface area contributed by atoms with Crippen LogP contribution in [-0.4, -0.2) is 17.0 Å². The minimum atomic E-state index is -2.60. The number of hydrogen-bond acceptors (Lipinski definition) is 5. The van der Waals surface area contributed by atoms with Crippen LogP contribution in [0.4, 0.5) is 5.82 Å². The summed E-state index contributed by atoms with van der Waals surface area (Å²) in [7, 11) is -1.13. The fraction of sp³-hybridized carbons (Fsp3) is 0.286. The van der Waals surface area contributed by atoms with Crippen molar-refractivity contribution in [2.24, 2.45) is 0 Å². The van der Waals surface area contributed by atoms with E-state index in [1.807, 2.05) is 0 Å². The topological polar surface area (TPSA) is 94.7 Å². The molecule has 6 nitrogen and oxygen atoms in total. The number of rotatable bonds is 4. The molecule has 0 aliphatic carbocycles. The molecule has 0 amide bonds. The molecular formula is C7H10N2O4P+. The van der Waals surface area contributed by atoms with Gasteiger partial charge < -0.3 is 10.5 Å². The van der Waals surface area contributed by atoms with Gasteiger partial charge in [-0.25, -0.2) is 4.98 Å². The maximum atomic E-state index is 10.2. The summed E-state index contributed by atoms with van der Waals surface area (Å²) >= 11 is 0. The van der Waals surface area contributed by atoms with Gasteiger partial charge in [-0.3, -0.25) is 0 Å². The Morgan fingerprint density at radius 3 is 3.00 bits per heavy atom. The Labute approximate surface area is 81.6 Å². The van der Waals surface area contributed by atoms with E-state index in [0.717, 1.165) is 0 Å². The van der Waals surface area contributed by atoms with E-state index in [0.29, 0.717) is 11.3 Å². The fourth-order valence-electron chi connectivity index (χ4n) is 0.868. The zero-order valence-corrected chi connectivity index (χ0v) is 8.40. The summed E-state index contributed by atoms with van der Waals surface area (Å²) in [5.41, 5.74) is 6.09. The van der Waals surface area contributed by atoms with E-state index < -0.39 is 8.25 Å². The number of nitrogens with two attached hydrogens (primary N) is 1. The first-order valence-electron chi connectivity index (χ1n) is 3.71. The Morgan fingerprint density at radius 2 is 2.43 bits per heavy atom. The molecule has 3 N–H and O–H groups in total. The maximum absolute atomic E-state index is 10.2. The molecule has 1 rings (SSSR count). The first-order valence-corrected chi connectivity index (χ1v) is 4.84. The molecule has 0 fully saturated rings. The number of methoxy groups -OCH3 is 1. The van der Waals surface area contributed by atoms with Crippen LogP contribution in [0.3, 0.4) is 0 Å². The third-order valence-electron chi connectivity index (χ3n) is 1.50. The van der Waals surface area contributed by atoms with Gasteiger partial charge in [0.05, 0.1) is 7.11 Å². The largest absolute Gasteiger partial charge is 0.695 e. The standard InChI is InChI=1S/C7H9N2O4P/c1-12-6-2-5(3-9-7(6)8)4-13-14(10)11/h2-3H,4H2,1H3,(H2-,8,9,10,11)/p+1. The van der Waals surface area contributed by atoms with Gasteiger partial charge >= 0.3 is 8.25 Å². The monoisotopic (exact) mass is 217 g/mol. The lowest BCUT2D eigenvalue weighted by Crippen LogP contribution is -1.97. The second-order valence-corrected chi connectivity index (χ2v) is 3.18. The van der Waals surface area contributed by atoms with E-state index in [2.05, 4.69) is 9.51 Å². The van der Waals surface area contributed by atoms with Gasteiger partial charge in [-0.15, -0.1) is 9.42 Å². The van der Waals surface area contributed by atoms with Crippen molar-refractivity contribution in [3.05, 3.63) is 17.8 Å². The van der Waals surface area contributed by atoms with Crippen molar-refractivity contribution in [3.63, 3.8) is 0 Å². The Morgan fingerprint density at radius 1 is 1.71 bits per heavy atom. The lowest BCUT2D eigenvalue weighted by molar-refractivity contribution is 0.271. The van der Waals surface area contributed by atoms with Crippen LogP contribution in [0.2, 0.25) is 0 Å². The summed E-state index contributed by atoms with van der Waals surface area (Å²) in [5, 5.41) is 0. The van der Waals surface area contributed by atoms with Gasteiger partial charge in [0, 0.05) is 16.3 Å². The highest BCUT2D eigenvalue weighted by Crippen LogP contribution is 2.22. The quantitative estimate of drug-likeness (QED) is 0.725. The Balaban J connectivity index is 2.74. The Kier molecular flexibility index (Phi) is 3.76. The van der Waals surface area contributed by atoms with Crippen molar-refractivity contribution in [2.45, 2.75) is 6.61 Å². The van der Waals surface area contributed by atoms with Gasteiger partial charge in [-0.1, -0.05) is 0 Å². The molecule has 0 aromatic carbocycles. The minimum absolute atomic E-state index is 0.00462. The minimum Gasteiger partial charge on any atom is -0.493 e. The summed E-state index contributed by atoms with van der Waals surface area (Å²) in [6, 6.07) is 1.60. The average molecular weight is 217 g/mol. The van der Waals surface area contributed by atoms with Gasteiger partial charge in [0.2, 0.25) is 0 Å². The van der Waals surface area contributed by atoms with Gasteiger partial charge in [0.25, 0.3) is 0 Å². The van der Waals surface area contributed by atoms with Crippen molar-refractivity contribution < 1.29 is 18.7 Å². The molecule has 1 aromatic heterocycles. The molecule has 14 heavy (non-hydrogen) atoms. The lowest BCUT2D eigenvalue weighted by Gasteiger charge is -2.03. The van der Waals surface area contributed by atoms with E-state index in [1.165, 1.54) is 13.3 Å². The van der Waals surface area contributed by atoms with Crippen LogP contribution in [0, 0.1) is 0 Å². The van der Waals surface area contributed by atoms with Crippen LogP contribution in [0.5, 0.6) is 5.75 Å². The Bertz CT molecular complexity index is 344. The number of ether oxygens (including phenoxy) is 1. The summed E-state index contributed by atoms with van der Waals surface area (Å²) in [6.45, 7) is -0.00462. The number of pyridine rings is 1. The van der Waals surface area contributed by atoms with Crippen molar-refractivity contribution in [1.29, 1.82) is 0 Å². The van der Waals surface area contributed by atoms with Crippen LogP contribution in [-0.2, 0) is 15.7 Å². The fourth-order valence-corrected chi connectivity index (χ4v) is 1.13. The van der Waals surface area contributed by atoms with E-state index in [-0.39, 0.29) is 12.4 Å². The molecule has 0 radical (unpaired) electrons. The zero-order valence-electron chi connectivity index (χ0n) is 7.51. The van der Waals surface area contributed by atoms with Crippen LogP contribution >= 0.6 is 8.25 Å².